The molecular formula is C18H25ClN4O4S2. The average Bonchev–Trinajstić information content (AvgIpc) is 2.59. The zero-order valence-electron chi connectivity index (χ0n) is 16.8. The molecular weight excluding hydrogens is 436 g/mol. The SMILES string of the molecule is Cc1ccc(S(=O)(=O)NNc2ccc(S(=O)(=O)N(C(C)C)C(C)C)cn2)c(Cl)c1. The van der Waals surface area contributed by atoms with Crippen LogP contribution >= 0.6 is 11.6 Å². The van der Waals surface area contributed by atoms with Crippen LogP contribution in [-0.4, -0.2) is 38.2 Å². The molecule has 2 N–H and O–H groups in total. The zero-order chi connectivity index (χ0) is 22.0. The quantitative estimate of drug-likeness (QED) is 0.586. The minimum atomic E-state index is -3.94. The van der Waals surface area contributed by atoms with Crippen LogP contribution in [0.1, 0.15) is 33.3 Å². The summed E-state index contributed by atoms with van der Waals surface area (Å²) >= 11 is 6.01. The Morgan fingerprint density at radius 2 is 1.62 bits per heavy atom. The molecule has 1 aromatic heterocycles. The van der Waals surface area contributed by atoms with Crippen molar-refractivity contribution in [1.82, 2.24) is 14.1 Å². The van der Waals surface area contributed by atoms with E-state index in [9.17, 15) is 16.8 Å². The van der Waals surface area contributed by atoms with Gasteiger partial charge in [-0.2, -0.15) is 4.31 Å². The third-order valence-electron chi connectivity index (χ3n) is 4.02. The van der Waals surface area contributed by atoms with Gasteiger partial charge in [0.1, 0.15) is 15.6 Å². The molecule has 8 nitrogen and oxygen atoms in total. The van der Waals surface area contributed by atoms with Gasteiger partial charge < -0.3 is 0 Å². The van der Waals surface area contributed by atoms with E-state index in [1.807, 2.05) is 0 Å². The summed E-state index contributed by atoms with van der Waals surface area (Å²) in [6.07, 6.45) is 1.18. The van der Waals surface area contributed by atoms with Crippen molar-refractivity contribution in [2.45, 2.75) is 56.5 Å². The first-order valence-corrected chi connectivity index (χ1v) is 12.2. The molecule has 0 aliphatic carbocycles. The molecule has 0 aliphatic heterocycles. The molecule has 0 spiro atoms. The molecule has 0 amide bonds. The lowest BCUT2D eigenvalue weighted by Gasteiger charge is -2.29. The average molecular weight is 461 g/mol. The van der Waals surface area contributed by atoms with E-state index in [0.29, 0.717) is 0 Å². The lowest BCUT2D eigenvalue weighted by molar-refractivity contribution is 0.302. The lowest BCUT2D eigenvalue weighted by Crippen LogP contribution is -2.41. The van der Waals surface area contributed by atoms with Crippen LogP contribution in [0.25, 0.3) is 0 Å². The molecule has 11 heteroatoms. The maximum atomic E-state index is 12.8. The number of hydrogen-bond acceptors (Lipinski definition) is 6. The first-order chi connectivity index (χ1) is 13.4. The Kier molecular flexibility index (Phi) is 7.28. The summed E-state index contributed by atoms with van der Waals surface area (Å²) in [6.45, 7) is 8.99. The van der Waals surface area contributed by atoms with E-state index < -0.39 is 20.0 Å². The van der Waals surface area contributed by atoms with Gasteiger partial charge in [0.05, 0.1) is 5.02 Å². The monoisotopic (exact) mass is 460 g/mol. The van der Waals surface area contributed by atoms with Crippen molar-refractivity contribution in [2.24, 2.45) is 0 Å². The van der Waals surface area contributed by atoms with Crippen LogP contribution in [0.2, 0.25) is 5.02 Å². The van der Waals surface area contributed by atoms with Gasteiger partial charge in [-0.15, -0.1) is 4.83 Å². The number of aryl methyl sites for hydroxylation is 1. The van der Waals surface area contributed by atoms with Crippen LogP contribution < -0.4 is 10.3 Å². The number of hydrogen-bond donors (Lipinski definition) is 2. The van der Waals surface area contributed by atoms with Crippen LogP contribution in [0.3, 0.4) is 0 Å². The molecule has 29 heavy (non-hydrogen) atoms. The summed E-state index contributed by atoms with van der Waals surface area (Å²) in [4.78, 5) is 6.13. The fourth-order valence-electron chi connectivity index (χ4n) is 2.88. The first-order valence-electron chi connectivity index (χ1n) is 8.90. The number of rotatable bonds is 8. The summed E-state index contributed by atoms with van der Waals surface area (Å²) in [7, 11) is -7.67. The molecule has 0 radical (unpaired) electrons. The van der Waals surface area contributed by atoms with Crippen molar-refractivity contribution in [3.63, 3.8) is 0 Å². The molecule has 1 heterocycles. The van der Waals surface area contributed by atoms with E-state index in [4.69, 9.17) is 11.6 Å². The Morgan fingerprint density at radius 1 is 1.00 bits per heavy atom. The fourth-order valence-corrected chi connectivity index (χ4v) is 6.11. The normalized spacial score (nSPS) is 12.7. The minimum Gasteiger partial charge on any atom is -0.292 e. The van der Waals surface area contributed by atoms with Gasteiger partial charge in [0.15, 0.2) is 0 Å². The third-order valence-corrected chi connectivity index (χ3v) is 7.99. The molecule has 0 unspecified atom stereocenters. The highest BCUT2D eigenvalue weighted by molar-refractivity contribution is 7.89. The van der Waals surface area contributed by atoms with Crippen LogP contribution in [0.4, 0.5) is 5.82 Å². The number of halogens is 1. The summed E-state index contributed by atoms with van der Waals surface area (Å²) in [5.41, 5.74) is 3.29. The van der Waals surface area contributed by atoms with Gasteiger partial charge in [-0.25, -0.2) is 21.8 Å². The van der Waals surface area contributed by atoms with Crippen molar-refractivity contribution < 1.29 is 16.8 Å². The molecule has 1 aromatic carbocycles. The summed E-state index contributed by atoms with van der Waals surface area (Å²) in [5, 5.41) is 0.0937. The molecule has 2 rings (SSSR count). The second-order valence-corrected chi connectivity index (χ2v) is 11.0. The van der Waals surface area contributed by atoms with Crippen molar-refractivity contribution >= 4 is 37.5 Å². The standard InChI is InChI=1S/C18H25ClN4O4S2/c1-12(2)23(13(3)4)29(26,27)15-7-9-18(20-11-15)21-22-28(24,25)17-8-6-14(5)10-16(17)19/h6-13,22H,1-5H3,(H,20,21). The van der Waals surface area contributed by atoms with Gasteiger partial charge in [0.25, 0.3) is 10.0 Å². The van der Waals surface area contributed by atoms with E-state index in [2.05, 4.69) is 15.2 Å². The number of pyridine rings is 1. The van der Waals surface area contributed by atoms with E-state index in [0.717, 1.165) is 5.56 Å². The highest BCUT2D eigenvalue weighted by atomic mass is 35.5. The Hall–Kier alpha value is -1.72. The van der Waals surface area contributed by atoms with Gasteiger partial charge >= 0.3 is 0 Å². The van der Waals surface area contributed by atoms with Gasteiger partial charge in [-0.05, 0) is 64.4 Å². The van der Waals surface area contributed by atoms with Crippen LogP contribution in [-0.2, 0) is 20.0 Å². The molecule has 0 atom stereocenters. The van der Waals surface area contributed by atoms with Crippen molar-refractivity contribution in [2.75, 3.05) is 5.43 Å². The Bertz CT molecular complexity index is 1060. The Morgan fingerprint density at radius 3 is 2.10 bits per heavy atom. The molecule has 0 bridgehead atoms. The Labute approximate surface area is 177 Å². The second kappa shape index (κ2) is 8.97. The molecule has 0 saturated heterocycles. The largest absolute Gasteiger partial charge is 0.292 e. The Balaban J connectivity index is 2.19. The summed E-state index contributed by atoms with van der Waals surface area (Å²) < 4.78 is 51.9. The van der Waals surface area contributed by atoms with Gasteiger partial charge in [-0.1, -0.05) is 17.7 Å². The molecule has 2 aromatic rings. The predicted molar refractivity (Wildman–Crippen MR) is 114 cm³/mol. The van der Waals surface area contributed by atoms with Crippen molar-refractivity contribution in [3.05, 3.63) is 47.1 Å². The topological polar surface area (TPSA) is 108 Å². The maximum absolute atomic E-state index is 12.8. The first kappa shape index (κ1) is 23.6. The van der Waals surface area contributed by atoms with Crippen LogP contribution in [0.5, 0.6) is 0 Å². The van der Waals surface area contributed by atoms with Crippen molar-refractivity contribution in [3.8, 4) is 0 Å². The number of nitrogens with zero attached hydrogens (tertiary/aromatic N) is 2. The number of benzene rings is 1. The molecule has 0 aliphatic rings. The lowest BCUT2D eigenvalue weighted by atomic mass is 10.2. The van der Waals surface area contributed by atoms with Gasteiger partial charge in [0, 0.05) is 18.3 Å². The third kappa shape index (κ3) is 5.46. The molecule has 160 valence electrons. The summed E-state index contributed by atoms with van der Waals surface area (Å²) in [5.74, 6) is 0.136. The maximum Gasteiger partial charge on any atom is 0.258 e. The zero-order valence-corrected chi connectivity index (χ0v) is 19.2. The molecule has 0 saturated carbocycles. The number of anilines is 1. The number of hydrazine groups is 1. The smallest absolute Gasteiger partial charge is 0.258 e. The second-order valence-electron chi connectivity index (χ2n) is 7.07. The van der Waals surface area contributed by atoms with Crippen LogP contribution in [0.15, 0.2) is 46.3 Å². The summed E-state index contributed by atoms with van der Waals surface area (Å²) in [6, 6.07) is 6.89. The molecule has 0 fully saturated rings. The van der Waals surface area contributed by atoms with Crippen molar-refractivity contribution in [1.29, 1.82) is 0 Å². The van der Waals surface area contributed by atoms with E-state index >= 15 is 0 Å². The highest BCUT2D eigenvalue weighted by Crippen LogP contribution is 2.23. The van der Waals surface area contributed by atoms with Gasteiger partial charge in [0.2, 0.25) is 10.0 Å². The number of sulfonamides is 2. The van der Waals surface area contributed by atoms with E-state index in [-0.39, 0.29) is 32.7 Å². The predicted octanol–water partition coefficient (Wildman–Crippen LogP) is 3.16. The number of aromatic nitrogens is 1. The van der Waals surface area contributed by atoms with E-state index in [1.165, 1.54) is 28.7 Å². The van der Waals surface area contributed by atoms with Crippen LogP contribution in [0, 0.1) is 6.92 Å². The minimum absolute atomic E-state index is 0.0230. The fraction of sp³-hybridized carbons (Fsp3) is 0.389. The van der Waals surface area contributed by atoms with Gasteiger partial charge in [-0.3, -0.25) is 5.43 Å². The number of nitrogens with one attached hydrogen (secondary N) is 2. The highest BCUT2D eigenvalue weighted by Gasteiger charge is 2.29. The van der Waals surface area contributed by atoms with E-state index in [1.54, 1.807) is 46.8 Å².